The zero-order chi connectivity index (χ0) is 14.4. The van der Waals surface area contributed by atoms with Gasteiger partial charge in [-0.05, 0) is 31.6 Å². The van der Waals surface area contributed by atoms with Gasteiger partial charge in [0.25, 0.3) is 0 Å². The fraction of sp³-hybridized carbons (Fsp3) is 0.882. The van der Waals surface area contributed by atoms with E-state index in [4.69, 9.17) is 14.2 Å². The number of aliphatic hydroxyl groups excluding tert-OH is 1. The van der Waals surface area contributed by atoms with Crippen LogP contribution in [0.1, 0.15) is 38.5 Å². The van der Waals surface area contributed by atoms with Crippen molar-refractivity contribution in [2.75, 3.05) is 13.2 Å². The minimum Gasteiger partial charge on any atom is -0.393 e. The molecular formula is C17H26O4. The Morgan fingerprint density at radius 1 is 1.05 bits per heavy atom. The first-order valence-electron chi connectivity index (χ1n) is 8.43. The summed E-state index contributed by atoms with van der Waals surface area (Å²) in [5, 5.41) is 9.98. The van der Waals surface area contributed by atoms with Crippen molar-refractivity contribution in [3.8, 4) is 0 Å². The molecule has 118 valence electrons. The van der Waals surface area contributed by atoms with Gasteiger partial charge in [-0.1, -0.05) is 6.08 Å². The lowest BCUT2D eigenvalue weighted by Crippen LogP contribution is -2.51. The third kappa shape index (κ3) is 2.67. The van der Waals surface area contributed by atoms with Crippen LogP contribution in [0.4, 0.5) is 0 Å². The number of epoxide rings is 1. The Morgan fingerprint density at radius 3 is 2.57 bits per heavy atom. The minimum absolute atomic E-state index is 0.0885. The highest BCUT2D eigenvalue weighted by Gasteiger charge is 2.49. The minimum atomic E-state index is -0.470. The van der Waals surface area contributed by atoms with Crippen molar-refractivity contribution >= 4 is 0 Å². The molecule has 0 aromatic rings. The summed E-state index contributed by atoms with van der Waals surface area (Å²) in [4.78, 5) is 0. The average Bonchev–Trinajstić information content (AvgIpc) is 3.29. The molecule has 2 aliphatic carbocycles. The Hall–Kier alpha value is -0.420. The van der Waals surface area contributed by atoms with Crippen molar-refractivity contribution in [2.45, 2.75) is 62.6 Å². The molecule has 2 aliphatic heterocycles. The van der Waals surface area contributed by atoms with Crippen molar-refractivity contribution in [2.24, 2.45) is 17.8 Å². The molecule has 5 unspecified atom stereocenters. The van der Waals surface area contributed by atoms with Gasteiger partial charge in [-0.15, -0.1) is 6.58 Å². The van der Waals surface area contributed by atoms with Crippen LogP contribution in [-0.4, -0.2) is 42.4 Å². The van der Waals surface area contributed by atoms with Crippen molar-refractivity contribution in [1.29, 1.82) is 0 Å². The maximum absolute atomic E-state index is 9.98. The number of aliphatic hydroxyl groups is 1. The second-order valence-corrected chi connectivity index (χ2v) is 7.29. The molecule has 2 saturated heterocycles. The smallest absolute Gasteiger partial charge is 0.169 e. The lowest BCUT2D eigenvalue weighted by Gasteiger charge is -2.47. The van der Waals surface area contributed by atoms with Crippen LogP contribution in [0, 0.1) is 17.8 Å². The molecule has 0 amide bonds. The number of ether oxygens (including phenoxy) is 3. The summed E-state index contributed by atoms with van der Waals surface area (Å²) in [5.74, 6) is 0.817. The number of fused-ring (bicyclic) bond motifs is 1. The van der Waals surface area contributed by atoms with E-state index in [9.17, 15) is 5.11 Å². The van der Waals surface area contributed by atoms with Crippen LogP contribution in [-0.2, 0) is 14.2 Å². The van der Waals surface area contributed by atoms with E-state index < -0.39 is 5.79 Å². The molecule has 1 N–H and O–H groups in total. The van der Waals surface area contributed by atoms with Crippen LogP contribution in [0.5, 0.6) is 0 Å². The standard InChI is InChI=1S/C17H26O4/c1-2-11-8-17(6-5-14(11)18)19-9-13(10-20-17)12-3-4-15-16(7-12)21-15/h2,11-16,18H,1,3-10H2. The van der Waals surface area contributed by atoms with Crippen molar-refractivity contribution in [3.63, 3.8) is 0 Å². The van der Waals surface area contributed by atoms with E-state index in [-0.39, 0.29) is 12.0 Å². The molecular weight excluding hydrogens is 268 g/mol. The van der Waals surface area contributed by atoms with Gasteiger partial charge in [-0.3, -0.25) is 0 Å². The highest BCUT2D eigenvalue weighted by atomic mass is 16.7. The summed E-state index contributed by atoms with van der Waals surface area (Å²) in [6.45, 7) is 5.42. The lowest BCUT2D eigenvalue weighted by molar-refractivity contribution is -0.309. The summed E-state index contributed by atoms with van der Waals surface area (Å²) in [6.07, 6.45) is 8.55. The zero-order valence-corrected chi connectivity index (χ0v) is 12.6. The lowest BCUT2D eigenvalue weighted by atomic mass is 9.78. The van der Waals surface area contributed by atoms with Crippen LogP contribution in [0.3, 0.4) is 0 Å². The van der Waals surface area contributed by atoms with Gasteiger partial charge in [-0.25, -0.2) is 0 Å². The highest BCUT2D eigenvalue weighted by molar-refractivity contribution is 4.97. The monoisotopic (exact) mass is 294 g/mol. The molecule has 0 aromatic carbocycles. The zero-order valence-electron chi connectivity index (χ0n) is 12.6. The van der Waals surface area contributed by atoms with Gasteiger partial charge < -0.3 is 19.3 Å². The van der Waals surface area contributed by atoms with Gasteiger partial charge in [0, 0.05) is 24.7 Å². The van der Waals surface area contributed by atoms with Crippen molar-refractivity contribution < 1.29 is 19.3 Å². The van der Waals surface area contributed by atoms with Crippen LogP contribution in [0.15, 0.2) is 12.7 Å². The van der Waals surface area contributed by atoms with E-state index in [1.54, 1.807) is 0 Å². The maximum atomic E-state index is 9.98. The second-order valence-electron chi connectivity index (χ2n) is 7.29. The van der Waals surface area contributed by atoms with Crippen LogP contribution in [0.2, 0.25) is 0 Å². The first kappa shape index (κ1) is 14.2. The van der Waals surface area contributed by atoms with Gasteiger partial charge in [0.15, 0.2) is 5.79 Å². The molecule has 2 saturated carbocycles. The number of hydrogen-bond donors (Lipinski definition) is 1. The third-order valence-corrected chi connectivity index (χ3v) is 6.00. The van der Waals surface area contributed by atoms with Crippen LogP contribution >= 0.6 is 0 Å². The number of hydrogen-bond acceptors (Lipinski definition) is 4. The van der Waals surface area contributed by atoms with Gasteiger partial charge in [0.05, 0.1) is 31.5 Å². The normalized spacial score (nSPS) is 53.2. The van der Waals surface area contributed by atoms with Gasteiger partial charge in [0.2, 0.25) is 0 Å². The fourth-order valence-electron chi connectivity index (χ4n) is 4.42. The molecule has 2 heterocycles. The largest absolute Gasteiger partial charge is 0.393 e. The topological polar surface area (TPSA) is 51.2 Å². The summed E-state index contributed by atoms with van der Waals surface area (Å²) < 4.78 is 18.0. The molecule has 0 bridgehead atoms. The quantitative estimate of drug-likeness (QED) is 0.627. The summed E-state index contributed by atoms with van der Waals surface area (Å²) >= 11 is 0. The van der Waals surface area contributed by atoms with Crippen LogP contribution < -0.4 is 0 Å². The molecule has 5 atom stereocenters. The first-order chi connectivity index (χ1) is 10.2. The average molecular weight is 294 g/mol. The first-order valence-corrected chi connectivity index (χ1v) is 8.43. The van der Waals surface area contributed by atoms with E-state index >= 15 is 0 Å². The molecule has 4 nitrogen and oxygen atoms in total. The Labute approximate surface area is 126 Å². The molecule has 21 heavy (non-hydrogen) atoms. The van der Waals surface area contributed by atoms with Gasteiger partial charge in [0.1, 0.15) is 0 Å². The van der Waals surface area contributed by atoms with Crippen LogP contribution in [0.25, 0.3) is 0 Å². The number of rotatable bonds is 2. The summed E-state index contributed by atoms with van der Waals surface area (Å²) in [6, 6.07) is 0. The van der Waals surface area contributed by atoms with Crippen molar-refractivity contribution in [1.82, 2.24) is 0 Å². The Kier molecular flexibility index (Phi) is 3.61. The third-order valence-electron chi connectivity index (χ3n) is 6.00. The molecule has 0 aromatic heterocycles. The van der Waals surface area contributed by atoms with E-state index in [1.165, 1.54) is 19.3 Å². The molecule has 4 fully saturated rings. The van der Waals surface area contributed by atoms with E-state index in [0.717, 1.165) is 32.5 Å². The molecule has 4 heteroatoms. The molecule has 0 radical (unpaired) electrons. The highest BCUT2D eigenvalue weighted by Crippen LogP contribution is 2.45. The van der Waals surface area contributed by atoms with Crippen molar-refractivity contribution in [3.05, 3.63) is 12.7 Å². The predicted octanol–water partition coefficient (Wildman–Crippen LogP) is 2.26. The second kappa shape index (κ2) is 5.34. The Balaban J connectivity index is 1.34. The summed E-state index contributed by atoms with van der Waals surface area (Å²) in [7, 11) is 0. The predicted molar refractivity (Wildman–Crippen MR) is 77.7 cm³/mol. The SMILES string of the molecule is C=CC1CC2(CCC1O)OCC(C1CCC3OC3C1)CO2. The Morgan fingerprint density at radius 2 is 1.86 bits per heavy atom. The van der Waals surface area contributed by atoms with E-state index in [2.05, 4.69) is 6.58 Å². The van der Waals surface area contributed by atoms with E-state index in [0.29, 0.717) is 24.0 Å². The van der Waals surface area contributed by atoms with E-state index in [1.807, 2.05) is 6.08 Å². The van der Waals surface area contributed by atoms with Gasteiger partial charge in [-0.2, -0.15) is 0 Å². The maximum Gasteiger partial charge on any atom is 0.169 e. The molecule has 4 rings (SSSR count). The fourth-order valence-corrected chi connectivity index (χ4v) is 4.42. The molecule has 4 aliphatic rings. The summed E-state index contributed by atoms with van der Waals surface area (Å²) in [5.41, 5.74) is 0. The molecule has 1 spiro atoms. The Bertz CT molecular complexity index is 402. The van der Waals surface area contributed by atoms with Gasteiger partial charge >= 0.3 is 0 Å².